The van der Waals surface area contributed by atoms with Crippen molar-refractivity contribution in [1.29, 1.82) is 0 Å². The molecule has 20 heavy (non-hydrogen) atoms. The van der Waals surface area contributed by atoms with Crippen LogP contribution in [-0.4, -0.2) is 37.8 Å². The van der Waals surface area contributed by atoms with Gasteiger partial charge in [-0.1, -0.05) is 12.7 Å². The van der Waals surface area contributed by atoms with E-state index in [4.69, 9.17) is 0 Å². The minimum absolute atomic E-state index is 0.583. The van der Waals surface area contributed by atoms with E-state index in [2.05, 4.69) is 48.2 Å². The van der Waals surface area contributed by atoms with Gasteiger partial charge in [-0.15, -0.1) is 0 Å². The molecule has 4 heteroatoms. The van der Waals surface area contributed by atoms with Crippen molar-refractivity contribution in [3.63, 3.8) is 0 Å². The molecule has 0 saturated heterocycles. The Kier molecular flexibility index (Phi) is 5.84. The minimum Gasteiger partial charge on any atom is -0.305 e. The highest BCUT2D eigenvalue weighted by Crippen LogP contribution is 2.27. The van der Waals surface area contributed by atoms with Gasteiger partial charge in [0.2, 0.25) is 0 Å². The average molecular weight is 270 g/mol. The average Bonchev–Trinajstić information content (AvgIpc) is 2.41. The Bertz CT molecular complexity index is 545. The third-order valence-corrected chi connectivity index (χ3v) is 3.07. The van der Waals surface area contributed by atoms with E-state index in [0.29, 0.717) is 6.54 Å². The number of rotatable bonds is 5. The van der Waals surface area contributed by atoms with Crippen LogP contribution in [0.2, 0.25) is 0 Å². The lowest BCUT2D eigenvalue weighted by atomic mass is 10.0. The maximum Gasteiger partial charge on any atom is 0.0934 e. The summed E-state index contributed by atoms with van der Waals surface area (Å²) in [4.78, 5) is 14.2. The zero-order chi connectivity index (χ0) is 15.1. The second-order valence-corrected chi connectivity index (χ2v) is 4.65. The number of hydrogen-bond acceptors (Lipinski definition) is 3. The summed E-state index contributed by atoms with van der Waals surface area (Å²) in [5, 5.41) is 0. The van der Waals surface area contributed by atoms with Crippen molar-refractivity contribution in [2.75, 3.05) is 13.6 Å². The third kappa shape index (κ3) is 3.88. The molecule has 4 nitrogen and oxygen atoms in total. The van der Waals surface area contributed by atoms with Crippen molar-refractivity contribution in [2.45, 2.75) is 20.8 Å². The van der Waals surface area contributed by atoms with Crippen molar-refractivity contribution in [1.82, 2.24) is 4.90 Å². The second kappa shape index (κ2) is 7.38. The molecule has 1 heterocycles. The largest absolute Gasteiger partial charge is 0.305 e. The van der Waals surface area contributed by atoms with Crippen LogP contribution in [0.25, 0.3) is 0 Å². The van der Waals surface area contributed by atoms with Gasteiger partial charge in [-0.3, -0.25) is 15.0 Å². The summed E-state index contributed by atoms with van der Waals surface area (Å²) in [6.07, 6.45) is 7.38. The van der Waals surface area contributed by atoms with Gasteiger partial charge < -0.3 is 4.90 Å². The van der Waals surface area contributed by atoms with Gasteiger partial charge in [0, 0.05) is 30.9 Å². The standard InChI is InChI=1S/C16H22N4/c1-12(8-17-5)9-19-10-16-7-13(2)14(3)20(11-18-6)15(16)4/h7-9,11H,4-5,10H2,1-3,6H3/b12-8-,18-11-,19-9-. The zero-order valence-electron chi connectivity index (χ0n) is 12.7. The lowest BCUT2D eigenvalue weighted by Gasteiger charge is -2.29. The van der Waals surface area contributed by atoms with E-state index < -0.39 is 0 Å². The van der Waals surface area contributed by atoms with Crippen LogP contribution in [0, 0.1) is 0 Å². The quantitative estimate of drug-likeness (QED) is 0.557. The molecule has 0 spiro atoms. The van der Waals surface area contributed by atoms with E-state index in [1.807, 2.05) is 11.8 Å². The predicted octanol–water partition coefficient (Wildman–Crippen LogP) is 3.37. The van der Waals surface area contributed by atoms with Gasteiger partial charge in [0.1, 0.15) is 0 Å². The van der Waals surface area contributed by atoms with Crippen LogP contribution in [0.5, 0.6) is 0 Å². The molecule has 1 aliphatic heterocycles. The summed E-state index contributed by atoms with van der Waals surface area (Å²) in [7, 11) is 1.75. The van der Waals surface area contributed by atoms with E-state index in [0.717, 1.165) is 22.5 Å². The predicted molar refractivity (Wildman–Crippen MR) is 88.5 cm³/mol. The topological polar surface area (TPSA) is 40.3 Å². The van der Waals surface area contributed by atoms with E-state index >= 15 is 0 Å². The van der Waals surface area contributed by atoms with Gasteiger partial charge in [0.15, 0.2) is 0 Å². The van der Waals surface area contributed by atoms with Crippen LogP contribution < -0.4 is 0 Å². The van der Waals surface area contributed by atoms with Crippen LogP contribution in [0.15, 0.2) is 61.9 Å². The molecule has 0 fully saturated rings. The first-order chi connectivity index (χ1) is 9.51. The van der Waals surface area contributed by atoms with Crippen LogP contribution in [0.4, 0.5) is 0 Å². The van der Waals surface area contributed by atoms with Crippen molar-refractivity contribution in [3.05, 3.63) is 47.0 Å². The van der Waals surface area contributed by atoms with E-state index in [-0.39, 0.29) is 0 Å². The summed E-state index contributed by atoms with van der Waals surface area (Å²) < 4.78 is 0. The monoisotopic (exact) mass is 270 g/mol. The summed E-state index contributed by atoms with van der Waals surface area (Å²) in [5.74, 6) is 0. The van der Waals surface area contributed by atoms with Crippen LogP contribution in [0.3, 0.4) is 0 Å². The molecular weight excluding hydrogens is 248 g/mol. The Labute approximate surface area is 121 Å². The van der Waals surface area contributed by atoms with Gasteiger partial charge in [-0.05, 0) is 44.2 Å². The Morgan fingerprint density at radius 2 is 2.10 bits per heavy atom. The number of nitrogens with zero attached hydrogens (tertiary/aromatic N) is 4. The zero-order valence-corrected chi connectivity index (χ0v) is 12.7. The minimum atomic E-state index is 0.583. The van der Waals surface area contributed by atoms with Gasteiger partial charge in [0.25, 0.3) is 0 Å². The fourth-order valence-corrected chi connectivity index (χ4v) is 1.87. The molecule has 1 aliphatic rings. The molecule has 0 amide bonds. The highest BCUT2D eigenvalue weighted by atomic mass is 15.2. The molecule has 0 bridgehead atoms. The van der Waals surface area contributed by atoms with Crippen LogP contribution >= 0.6 is 0 Å². The second-order valence-electron chi connectivity index (χ2n) is 4.65. The van der Waals surface area contributed by atoms with Crippen molar-refractivity contribution < 1.29 is 0 Å². The molecule has 106 valence electrons. The molecular formula is C16H22N4. The van der Waals surface area contributed by atoms with Crippen molar-refractivity contribution in [2.24, 2.45) is 15.0 Å². The van der Waals surface area contributed by atoms with E-state index in [1.54, 1.807) is 25.8 Å². The number of hydrogen-bond donors (Lipinski definition) is 0. The number of aliphatic imine (C=N–C) groups is 3. The van der Waals surface area contributed by atoms with Crippen molar-refractivity contribution in [3.8, 4) is 0 Å². The highest BCUT2D eigenvalue weighted by molar-refractivity contribution is 5.78. The summed E-state index contributed by atoms with van der Waals surface area (Å²) in [5.41, 5.74) is 5.31. The van der Waals surface area contributed by atoms with Gasteiger partial charge in [-0.25, -0.2) is 0 Å². The van der Waals surface area contributed by atoms with Gasteiger partial charge in [-0.2, -0.15) is 0 Å². The van der Waals surface area contributed by atoms with Crippen molar-refractivity contribution >= 4 is 19.3 Å². The SMILES string of the molecule is C=N/C=C(C)\C=N/CC1=CC(C)=C(C)N(/C=N\C)C1=C. The summed E-state index contributed by atoms with van der Waals surface area (Å²) in [6.45, 7) is 14.2. The first-order valence-corrected chi connectivity index (χ1v) is 6.42. The molecule has 0 aromatic carbocycles. The van der Waals surface area contributed by atoms with Crippen LogP contribution in [0.1, 0.15) is 20.8 Å². The smallest absolute Gasteiger partial charge is 0.0934 e. The first kappa shape index (κ1) is 15.8. The Morgan fingerprint density at radius 3 is 2.70 bits per heavy atom. The van der Waals surface area contributed by atoms with Crippen LogP contribution in [-0.2, 0) is 0 Å². The van der Waals surface area contributed by atoms with E-state index in [1.165, 1.54) is 5.57 Å². The maximum absolute atomic E-state index is 4.41. The lowest BCUT2D eigenvalue weighted by molar-refractivity contribution is 0.638. The third-order valence-electron chi connectivity index (χ3n) is 3.07. The van der Waals surface area contributed by atoms with Gasteiger partial charge in [0.05, 0.1) is 12.9 Å². The molecule has 0 aromatic heterocycles. The molecule has 0 aliphatic carbocycles. The molecule has 0 radical (unpaired) electrons. The summed E-state index contributed by atoms with van der Waals surface area (Å²) in [6, 6.07) is 0. The molecule has 0 saturated carbocycles. The van der Waals surface area contributed by atoms with E-state index in [9.17, 15) is 0 Å². The molecule has 0 aromatic rings. The Morgan fingerprint density at radius 1 is 1.40 bits per heavy atom. The maximum atomic E-state index is 4.41. The lowest BCUT2D eigenvalue weighted by Crippen LogP contribution is -2.24. The fraction of sp³-hybridized carbons (Fsp3) is 0.312. The molecule has 0 N–H and O–H groups in total. The Balaban J connectivity index is 2.91. The highest BCUT2D eigenvalue weighted by Gasteiger charge is 2.17. The summed E-state index contributed by atoms with van der Waals surface area (Å²) >= 11 is 0. The first-order valence-electron chi connectivity index (χ1n) is 6.42. The molecule has 0 unspecified atom stereocenters. The number of allylic oxidation sites excluding steroid dienone is 4. The molecule has 0 atom stereocenters. The van der Waals surface area contributed by atoms with Gasteiger partial charge >= 0.3 is 0 Å². The fourth-order valence-electron chi connectivity index (χ4n) is 1.87. The normalized spacial score (nSPS) is 17.4. The molecule has 1 rings (SSSR count). The Hall–Kier alpha value is -2.23.